The van der Waals surface area contributed by atoms with E-state index in [2.05, 4.69) is 9.88 Å². The first kappa shape index (κ1) is 13.3. The van der Waals surface area contributed by atoms with Gasteiger partial charge in [0.15, 0.2) is 0 Å². The number of nitrogen functional groups attached to an aromatic ring is 1. The SMILES string of the molecule is Nc1ccc(C(=O)N2CCC(N3CCOCC3)C2)nc1. The van der Waals surface area contributed by atoms with Crippen molar-refractivity contribution >= 4 is 11.6 Å². The van der Waals surface area contributed by atoms with Gasteiger partial charge in [-0.2, -0.15) is 0 Å². The van der Waals surface area contributed by atoms with Gasteiger partial charge in [-0.15, -0.1) is 0 Å². The molecule has 1 atom stereocenters. The maximum Gasteiger partial charge on any atom is 0.272 e. The number of nitrogens with zero attached hydrogens (tertiary/aromatic N) is 3. The van der Waals surface area contributed by atoms with Crippen LogP contribution in [0.2, 0.25) is 0 Å². The van der Waals surface area contributed by atoms with Crippen LogP contribution in [0.3, 0.4) is 0 Å². The van der Waals surface area contributed by atoms with Gasteiger partial charge in [-0.25, -0.2) is 4.98 Å². The average Bonchev–Trinajstić information content (AvgIpc) is 2.98. The molecule has 0 spiro atoms. The van der Waals surface area contributed by atoms with E-state index in [0.29, 0.717) is 17.4 Å². The summed E-state index contributed by atoms with van der Waals surface area (Å²) in [5.41, 5.74) is 6.65. The van der Waals surface area contributed by atoms with E-state index < -0.39 is 0 Å². The first-order valence-corrected chi connectivity index (χ1v) is 7.06. The Labute approximate surface area is 118 Å². The summed E-state index contributed by atoms with van der Waals surface area (Å²) >= 11 is 0. The Morgan fingerprint density at radius 3 is 2.80 bits per heavy atom. The van der Waals surface area contributed by atoms with Gasteiger partial charge in [-0.05, 0) is 18.6 Å². The molecule has 2 fully saturated rings. The topological polar surface area (TPSA) is 71.7 Å². The average molecular weight is 276 g/mol. The largest absolute Gasteiger partial charge is 0.397 e. The maximum atomic E-state index is 12.4. The van der Waals surface area contributed by atoms with Crippen molar-refractivity contribution in [1.29, 1.82) is 0 Å². The highest BCUT2D eigenvalue weighted by molar-refractivity contribution is 5.92. The monoisotopic (exact) mass is 276 g/mol. The third-order valence-corrected chi connectivity index (χ3v) is 4.02. The first-order chi connectivity index (χ1) is 9.74. The Morgan fingerprint density at radius 1 is 1.30 bits per heavy atom. The van der Waals surface area contributed by atoms with E-state index in [1.807, 2.05) is 4.90 Å². The molecule has 20 heavy (non-hydrogen) atoms. The van der Waals surface area contributed by atoms with Gasteiger partial charge in [-0.3, -0.25) is 9.69 Å². The van der Waals surface area contributed by atoms with Gasteiger partial charge < -0.3 is 15.4 Å². The number of amides is 1. The normalized spacial score (nSPS) is 24.0. The summed E-state index contributed by atoms with van der Waals surface area (Å²) in [5.74, 6) is 0.000703. The molecule has 2 N–H and O–H groups in total. The van der Waals surface area contributed by atoms with Gasteiger partial charge in [0, 0.05) is 32.2 Å². The van der Waals surface area contributed by atoms with Gasteiger partial charge >= 0.3 is 0 Å². The number of hydrogen-bond acceptors (Lipinski definition) is 5. The van der Waals surface area contributed by atoms with E-state index in [4.69, 9.17) is 10.5 Å². The zero-order valence-corrected chi connectivity index (χ0v) is 11.5. The second-order valence-corrected chi connectivity index (χ2v) is 5.32. The number of hydrogen-bond donors (Lipinski definition) is 1. The second-order valence-electron chi connectivity index (χ2n) is 5.32. The minimum absolute atomic E-state index is 0.000703. The van der Waals surface area contributed by atoms with Gasteiger partial charge in [-0.1, -0.05) is 0 Å². The van der Waals surface area contributed by atoms with Crippen LogP contribution in [0.15, 0.2) is 18.3 Å². The quantitative estimate of drug-likeness (QED) is 0.836. The first-order valence-electron chi connectivity index (χ1n) is 7.06. The van der Waals surface area contributed by atoms with Crippen molar-refractivity contribution in [1.82, 2.24) is 14.8 Å². The standard InChI is InChI=1S/C14H20N4O2/c15-11-1-2-13(16-9-11)14(19)18-4-3-12(10-18)17-5-7-20-8-6-17/h1-2,9,12H,3-8,10,15H2. The third kappa shape index (κ3) is 2.76. The minimum Gasteiger partial charge on any atom is -0.397 e. The van der Waals surface area contributed by atoms with Gasteiger partial charge in [0.05, 0.1) is 25.1 Å². The Hall–Kier alpha value is -1.66. The predicted octanol–water partition coefficient (Wildman–Crippen LogP) is 0.211. The van der Waals surface area contributed by atoms with Crippen molar-refractivity contribution in [3.63, 3.8) is 0 Å². The van der Waals surface area contributed by atoms with Crippen LogP contribution in [0, 0.1) is 0 Å². The zero-order valence-electron chi connectivity index (χ0n) is 11.5. The zero-order chi connectivity index (χ0) is 13.9. The third-order valence-electron chi connectivity index (χ3n) is 4.02. The lowest BCUT2D eigenvalue weighted by Crippen LogP contribution is -2.45. The number of rotatable bonds is 2. The number of likely N-dealkylation sites (tertiary alicyclic amines) is 1. The number of ether oxygens (including phenoxy) is 1. The fourth-order valence-electron chi connectivity index (χ4n) is 2.86. The van der Waals surface area contributed by atoms with E-state index in [1.165, 1.54) is 6.20 Å². The molecule has 0 radical (unpaired) electrons. The molecule has 1 aromatic rings. The number of carbonyl (C=O) groups is 1. The molecule has 2 saturated heterocycles. The highest BCUT2D eigenvalue weighted by Gasteiger charge is 2.31. The number of morpholine rings is 1. The van der Waals surface area contributed by atoms with Crippen LogP contribution < -0.4 is 5.73 Å². The van der Waals surface area contributed by atoms with Crippen molar-refractivity contribution in [2.75, 3.05) is 45.1 Å². The Balaban J connectivity index is 1.61. The Bertz CT molecular complexity index is 471. The van der Waals surface area contributed by atoms with Gasteiger partial charge in [0.2, 0.25) is 0 Å². The van der Waals surface area contributed by atoms with Crippen LogP contribution in [0.4, 0.5) is 5.69 Å². The molecule has 2 aliphatic heterocycles. The highest BCUT2D eigenvalue weighted by Crippen LogP contribution is 2.18. The molecule has 0 aliphatic carbocycles. The maximum absolute atomic E-state index is 12.4. The van der Waals surface area contributed by atoms with Crippen molar-refractivity contribution < 1.29 is 9.53 Å². The molecule has 3 rings (SSSR count). The molecule has 1 unspecified atom stereocenters. The summed E-state index contributed by atoms with van der Waals surface area (Å²) in [4.78, 5) is 20.8. The number of pyridine rings is 1. The van der Waals surface area contributed by atoms with E-state index in [9.17, 15) is 4.79 Å². The summed E-state index contributed by atoms with van der Waals surface area (Å²) in [5, 5.41) is 0. The smallest absolute Gasteiger partial charge is 0.272 e. The Morgan fingerprint density at radius 2 is 2.10 bits per heavy atom. The summed E-state index contributed by atoms with van der Waals surface area (Å²) in [6.45, 7) is 5.10. The summed E-state index contributed by atoms with van der Waals surface area (Å²) in [6.07, 6.45) is 2.56. The van der Waals surface area contributed by atoms with E-state index in [1.54, 1.807) is 12.1 Å². The van der Waals surface area contributed by atoms with E-state index in [0.717, 1.165) is 45.8 Å². The highest BCUT2D eigenvalue weighted by atomic mass is 16.5. The molecular formula is C14H20N4O2. The number of aromatic nitrogens is 1. The number of anilines is 1. The van der Waals surface area contributed by atoms with Crippen molar-refractivity contribution in [2.45, 2.75) is 12.5 Å². The lowest BCUT2D eigenvalue weighted by Gasteiger charge is -2.32. The van der Waals surface area contributed by atoms with Crippen LogP contribution in [-0.2, 0) is 4.74 Å². The molecular weight excluding hydrogens is 256 g/mol. The molecule has 6 nitrogen and oxygen atoms in total. The molecule has 2 aliphatic rings. The van der Waals surface area contributed by atoms with Crippen LogP contribution >= 0.6 is 0 Å². The van der Waals surface area contributed by atoms with Crippen LogP contribution in [0.25, 0.3) is 0 Å². The fourth-order valence-corrected chi connectivity index (χ4v) is 2.86. The molecule has 108 valence electrons. The van der Waals surface area contributed by atoms with Crippen LogP contribution in [0.1, 0.15) is 16.9 Å². The van der Waals surface area contributed by atoms with Gasteiger partial charge in [0.25, 0.3) is 5.91 Å². The summed E-state index contributed by atoms with van der Waals surface area (Å²) in [7, 11) is 0. The fraction of sp³-hybridized carbons (Fsp3) is 0.571. The lowest BCUT2D eigenvalue weighted by atomic mass is 10.2. The molecule has 1 amide bonds. The molecule has 6 heteroatoms. The summed E-state index contributed by atoms with van der Waals surface area (Å²) < 4.78 is 5.37. The van der Waals surface area contributed by atoms with Gasteiger partial charge in [0.1, 0.15) is 5.69 Å². The molecule has 0 bridgehead atoms. The predicted molar refractivity (Wildman–Crippen MR) is 75.3 cm³/mol. The van der Waals surface area contributed by atoms with E-state index in [-0.39, 0.29) is 5.91 Å². The van der Waals surface area contributed by atoms with E-state index >= 15 is 0 Å². The minimum atomic E-state index is 0.000703. The van der Waals surface area contributed by atoms with Crippen LogP contribution in [-0.4, -0.2) is 66.1 Å². The number of nitrogens with two attached hydrogens (primary N) is 1. The Kier molecular flexibility index (Phi) is 3.84. The lowest BCUT2D eigenvalue weighted by molar-refractivity contribution is 0.0185. The van der Waals surface area contributed by atoms with Crippen LogP contribution in [0.5, 0.6) is 0 Å². The molecule has 3 heterocycles. The van der Waals surface area contributed by atoms with Crippen molar-refractivity contribution in [2.24, 2.45) is 0 Å². The molecule has 0 aromatic carbocycles. The second kappa shape index (κ2) is 5.76. The van der Waals surface area contributed by atoms with Crippen molar-refractivity contribution in [3.8, 4) is 0 Å². The molecule has 1 aromatic heterocycles. The van der Waals surface area contributed by atoms with Crippen molar-refractivity contribution in [3.05, 3.63) is 24.0 Å². The number of carbonyl (C=O) groups excluding carboxylic acids is 1. The summed E-state index contributed by atoms with van der Waals surface area (Å²) in [6, 6.07) is 3.87. The molecule has 0 saturated carbocycles.